The molecule has 2 aromatic rings. The molecule has 0 saturated heterocycles. The number of aryl methyl sites for hydroxylation is 1. The van der Waals surface area contributed by atoms with Crippen LogP contribution in [0.1, 0.15) is 35.9 Å². The van der Waals surface area contributed by atoms with Crippen LogP contribution in [0.3, 0.4) is 0 Å². The van der Waals surface area contributed by atoms with Crippen molar-refractivity contribution in [1.82, 2.24) is 5.43 Å². The number of hydrogen-bond acceptors (Lipinski definition) is 3. The summed E-state index contributed by atoms with van der Waals surface area (Å²) in [4.78, 5) is 1.31. The van der Waals surface area contributed by atoms with Gasteiger partial charge in [0.05, 0.1) is 6.04 Å². The molecule has 0 amide bonds. The van der Waals surface area contributed by atoms with Crippen LogP contribution in [0.25, 0.3) is 0 Å². The molecule has 18 heavy (non-hydrogen) atoms. The van der Waals surface area contributed by atoms with Crippen molar-refractivity contribution in [3.05, 3.63) is 57.8 Å². The molecular weight excluding hydrogens is 240 g/mol. The van der Waals surface area contributed by atoms with Crippen molar-refractivity contribution in [3.8, 4) is 0 Å². The predicted molar refractivity (Wildman–Crippen MR) is 78.6 cm³/mol. The molecule has 0 aliphatic heterocycles. The second-order valence-corrected chi connectivity index (χ2v) is 6.10. The van der Waals surface area contributed by atoms with E-state index in [1.807, 2.05) is 6.07 Å². The minimum absolute atomic E-state index is 0.0500. The minimum Gasteiger partial charge on any atom is -0.271 e. The second kappa shape index (κ2) is 5.22. The van der Waals surface area contributed by atoms with Crippen LogP contribution >= 0.6 is 11.3 Å². The highest BCUT2D eigenvalue weighted by atomic mass is 32.1. The van der Waals surface area contributed by atoms with E-state index in [-0.39, 0.29) is 11.5 Å². The fourth-order valence-corrected chi connectivity index (χ4v) is 3.50. The zero-order valence-electron chi connectivity index (χ0n) is 11.1. The number of hydrogen-bond donors (Lipinski definition) is 2. The molecule has 0 spiro atoms. The molecule has 3 N–H and O–H groups in total. The van der Waals surface area contributed by atoms with Gasteiger partial charge in [-0.2, -0.15) is 0 Å². The van der Waals surface area contributed by atoms with Crippen LogP contribution in [-0.2, 0) is 5.41 Å². The third kappa shape index (κ3) is 2.34. The van der Waals surface area contributed by atoms with Crippen molar-refractivity contribution in [2.45, 2.75) is 32.2 Å². The monoisotopic (exact) mass is 260 g/mol. The van der Waals surface area contributed by atoms with Gasteiger partial charge < -0.3 is 0 Å². The summed E-state index contributed by atoms with van der Waals surface area (Å²) >= 11 is 1.76. The first kappa shape index (κ1) is 13.3. The Bertz CT molecular complexity index is 502. The van der Waals surface area contributed by atoms with Gasteiger partial charge in [-0.1, -0.05) is 44.2 Å². The topological polar surface area (TPSA) is 38.0 Å². The van der Waals surface area contributed by atoms with Crippen molar-refractivity contribution in [2.24, 2.45) is 5.84 Å². The van der Waals surface area contributed by atoms with Gasteiger partial charge in [-0.05, 0) is 29.5 Å². The Hall–Kier alpha value is -1.16. The van der Waals surface area contributed by atoms with Crippen molar-refractivity contribution < 1.29 is 0 Å². The molecule has 0 aliphatic carbocycles. The van der Waals surface area contributed by atoms with Gasteiger partial charge in [0.15, 0.2) is 0 Å². The summed E-state index contributed by atoms with van der Waals surface area (Å²) in [6, 6.07) is 12.8. The van der Waals surface area contributed by atoms with Crippen LogP contribution in [0.4, 0.5) is 0 Å². The molecule has 3 heteroatoms. The molecular formula is C15H20N2S. The Kier molecular flexibility index (Phi) is 3.85. The first-order valence-electron chi connectivity index (χ1n) is 6.13. The molecule has 1 aromatic heterocycles. The maximum Gasteiger partial charge on any atom is 0.0647 e. The van der Waals surface area contributed by atoms with E-state index in [4.69, 9.17) is 5.84 Å². The molecule has 0 bridgehead atoms. The summed E-state index contributed by atoms with van der Waals surface area (Å²) < 4.78 is 0. The van der Waals surface area contributed by atoms with E-state index in [1.165, 1.54) is 16.0 Å². The summed E-state index contributed by atoms with van der Waals surface area (Å²) in [5.41, 5.74) is 5.53. The summed E-state index contributed by atoms with van der Waals surface area (Å²) in [6.07, 6.45) is 0. The average molecular weight is 260 g/mol. The number of nitrogens with two attached hydrogens (primary N) is 1. The third-order valence-corrected chi connectivity index (χ3v) is 4.65. The first-order valence-corrected chi connectivity index (χ1v) is 7.01. The Morgan fingerprint density at radius 2 is 1.83 bits per heavy atom. The van der Waals surface area contributed by atoms with Crippen LogP contribution < -0.4 is 11.3 Å². The fraction of sp³-hybridized carbons (Fsp3) is 0.333. The Morgan fingerprint density at radius 1 is 1.17 bits per heavy atom. The molecule has 1 aromatic carbocycles. The van der Waals surface area contributed by atoms with Gasteiger partial charge in [0.2, 0.25) is 0 Å². The van der Waals surface area contributed by atoms with E-state index in [1.54, 1.807) is 11.3 Å². The van der Waals surface area contributed by atoms with Gasteiger partial charge in [-0.15, -0.1) is 11.3 Å². The number of nitrogens with one attached hydrogen (secondary N) is 1. The smallest absolute Gasteiger partial charge is 0.0647 e. The van der Waals surface area contributed by atoms with E-state index < -0.39 is 0 Å². The lowest BCUT2D eigenvalue weighted by atomic mass is 9.77. The first-order chi connectivity index (χ1) is 8.57. The van der Waals surface area contributed by atoms with Crippen LogP contribution in [0.15, 0.2) is 41.8 Å². The number of benzene rings is 1. The second-order valence-electron chi connectivity index (χ2n) is 5.16. The zero-order chi connectivity index (χ0) is 13.2. The highest BCUT2D eigenvalue weighted by molar-refractivity contribution is 7.10. The lowest BCUT2D eigenvalue weighted by molar-refractivity contribution is 0.357. The molecule has 1 unspecified atom stereocenters. The van der Waals surface area contributed by atoms with E-state index in [0.29, 0.717) is 0 Å². The molecule has 0 fully saturated rings. The van der Waals surface area contributed by atoms with Crippen molar-refractivity contribution >= 4 is 11.3 Å². The summed E-state index contributed by atoms with van der Waals surface area (Å²) in [5.74, 6) is 5.81. The average Bonchev–Trinajstić information content (AvgIpc) is 2.78. The van der Waals surface area contributed by atoms with E-state index >= 15 is 0 Å². The summed E-state index contributed by atoms with van der Waals surface area (Å²) in [5, 5.41) is 2.12. The van der Waals surface area contributed by atoms with Gasteiger partial charge >= 0.3 is 0 Å². The van der Waals surface area contributed by atoms with Crippen LogP contribution in [-0.4, -0.2) is 0 Å². The fourth-order valence-electron chi connectivity index (χ4n) is 2.33. The molecule has 2 nitrogen and oxygen atoms in total. The Labute approximate surface area is 113 Å². The standard InChI is InChI=1S/C15H20N2S/c1-11-9-10-18-13(11)14(17-16)15(2,3)12-7-5-4-6-8-12/h4-10,14,17H,16H2,1-3H3. The Morgan fingerprint density at radius 3 is 2.33 bits per heavy atom. The third-order valence-electron chi connectivity index (χ3n) is 3.57. The highest BCUT2D eigenvalue weighted by Gasteiger charge is 2.33. The predicted octanol–water partition coefficient (Wildman–Crippen LogP) is 3.54. The van der Waals surface area contributed by atoms with Gasteiger partial charge in [-0.25, -0.2) is 0 Å². The summed E-state index contributed by atoms with van der Waals surface area (Å²) in [7, 11) is 0. The van der Waals surface area contributed by atoms with Gasteiger partial charge in [0.1, 0.15) is 0 Å². The molecule has 2 rings (SSSR count). The number of thiophene rings is 1. The minimum atomic E-state index is -0.0500. The van der Waals surface area contributed by atoms with Gasteiger partial charge in [-0.3, -0.25) is 11.3 Å². The summed E-state index contributed by atoms with van der Waals surface area (Å²) in [6.45, 7) is 6.59. The SMILES string of the molecule is Cc1ccsc1C(NN)C(C)(C)c1ccccc1. The quantitative estimate of drug-likeness (QED) is 0.652. The largest absolute Gasteiger partial charge is 0.271 e. The van der Waals surface area contributed by atoms with E-state index in [2.05, 4.69) is 61.9 Å². The lowest BCUT2D eigenvalue weighted by Gasteiger charge is -2.34. The van der Waals surface area contributed by atoms with Crippen LogP contribution in [0.2, 0.25) is 0 Å². The van der Waals surface area contributed by atoms with E-state index in [0.717, 1.165) is 0 Å². The van der Waals surface area contributed by atoms with Crippen molar-refractivity contribution in [3.63, 3.8) is 0 Å². The van der Waals surface area contributed by atoms with Gasteiger partial charge in [0, 0.05) is 10.3 Å². The molecule has 1 atom stereocenters. The van der Waals surface area contributed by atoms with Crippen LogP contribution in [0.5, 0.6) is 0 Å². The molecule has 1 heterocycles. The molecule has 0 saturated carbocycles. The molecule has 96 valence electrons. The van der Waals surface area contributed by atoms with Crippen molar-refractivity contribution in [1.29, 1.82) is 0 Å². The van der Waals surface area contributed by atoms with Crippen LogP contribution in [0, 0.1) is 6.92 Å². The number of rotatable bonds is 4. The zero-order valence-corrected chi connectivity index (χ0v) is 11.9. The van der Waals surface area contributed by atoms with Gasteiger partial charge in [0.25, 0.3) is 0 Å². The molecule has 0 aliphatic rings. The number of hydrazine groups is 1. The lowest BCUT2D eigenvalue weighted by Crippen LogP contribution is -2.40. The molecule has 0 radical (unpaired) electrons. The maximum absolute atomic E-state index is 5.81. The normalized spacial score (nSPS) is 13.6. The maximum atomic E-state index is 5.81. The van der Waals surface area contributed by atoms with Crippen molar-refractivity contribution in [2.75, 3.05) is 0 Å². The highest BCUT2D eigenvalue weighted by Crippen LogP contribution is 2.39. The van der Waals surface area contributed by atoms with E-state index in [9.17, 15) is 0 Å². The Balaban J connectivity index is 2.42.